The fourth-order valence-electron chi connectivity index (χ4n) is 5.18. The predicted molar refractivity (Wildman–Crippen MR) is 133 cm³/mol. The van der Waals surface area contributed by atoms with Crippen LogP contribution in [0.5, 0.6) is 5.75 Å². The minimum absolute atomic E-state index is 0.0673. The Balaban J connectivity index is 1.30. The van der Waals surface area contributed by atoms with E-state index in [0.29, 0.717) is 6.54 Å². The molecule has 33 heavy (non-hydrogen) atoms. The average Bonchev–Trinajstić information content (AvgIpc) is 2.88. The second kappa shape index (κ2) is 9.57. The Morgan fingerprint density at radius 3 is 2.52 bits per heavy atom. The summed E-state index contributed by atoms with van der Waals surface area (Å²) in [6.07, 6.45) is 1.60. The van der Waals surface area contributed by atoms with Gasteiger partial charge in [0, 0.05) is 37.6 Å². The normalized spacial score (nSPS) is 19.4. The van der Waals surface area contributed by atoms with Crippen molar-refractivity contribution in [2.24, 2.45) is 5.92 Å². The molecule has 2 aliphatic rings. The Labute approximate surface area is 196 Å². The van der Waals surface area contributed by atoms with Gasteiger partial charge in [-0.15, -0.1) is 0 Å². The zero-order valence-corrected chi connectivity index (χ0v) is 19.1. The molecule has 0 bridgehead atoms. The fraction of sp³-hybridized carbons (Fsp3) is 0.321. The Kier molecular flexibility index (Phi) is 6.20. The number of ether oxygens (including phenoxy) is 1. The standard InChI is InChI=1S/C28H31N3O2/c1-33-24-13-11-21(12-14-24)15-16-29-28(32)25-19-22-7-5-6-10-26(22)31-18-17-30(20-27(25)31)23-8-3-2-4-9-23/h2-14,25,27H,15-20H2,1H3,(H,29,32). The number of anilines is 2. The van der Waals surface area contributed by atoms with Gasteiger partial charge >= 0.3 is 0 Å². The maximum absolute atomic E-state index is 13.4. The summed E-state index contributed by atoms with van der Waals surface area (Å²) >= 11 is 0. The third-order valence-corrected chi connectivity index (χ3v) is 6.95. The fourth-order valence-corrected chi connectivity index (χ4v) is 5.18. The number of nitrogens with one attached hydrogen (secondary N) is 1. The molecule has 0 aliphatic carbocycles. The van der Waals surface area contributed by atoms with Gasteiger partial charge in [-0.2, -0.15) is 0 Å². The average molecular weight is 442 g/mol. The Bertz CT molecular complexity index is 1080. The molecule has 1 fully saturated rings. The monoisotopic (exact) mass is 441 g/mol. The number of benzene rings is 3. The van der Waals surface area contributed by atoms with E-state index in [4.69, 9.17) is 4.74 Å². The van der Waals surface area contributed by atoms with Gasteiger partial charge in [0.25, 0.3) is 0 Å². The number of fused-ring (bicyclic) bond motifs is 3. The van der Waals surface area contributed by atoms with Crippen LogP contribution in [0.2, 0.25) is 0 Å². The first-order valence-electron chi connectivity index (χ1n) is 11.8. The molecule has 1 N–H and O–H groups in total. The first-order valence-corrected chi connectivity index (χ1v) is 11.8. The maximum Gasteiger partial charge on any atom is 0.225 e. The molecule has 0 spiro atoms. The predicted octanol–water partition coefficient (Wildman–Crippen LogP) is 3.92. The molecule has 2 unspecified atom stereocenters. The van der Waals surface area contributed by atoms with Crippen LogP contribution in [0.3, 0.4) is 0 Å². The molecule has 1 amide bonds. The number of carbonyl (C=O) groups is 1. The van der Waals surface area contributed by atoms with Crippen molar-refractivity contribution < 1.29 is 9.53 Å². The van der Waals surface area contributed by atoms with Gasteiger partial charge in [0.15, 0.2) is 0 Å². The first-order chi connectivity index (χ1) is 16.2. The highest BCUT2D eigenvalue weighted by atomic mass is 16.5. The second-order valence-electron chi connectivity index (χ2n) is 8.87. The van der Waals surface area contributed by atoms with Gasteiger partial charge in [-0.1, -0.05) is 48.5 Å². The Morgan fingerprint density at radius 1 is 0.970 bits per heavy atom. The number of piperazine rings is 1. The summed E-state index contributed by atoms with van der Waals surface area (Å²) in [6, 6.07) is 27.3. The van der Waals surface area contributed by atoms with Gasteiger partial charge in [0.1, 0.15) is 5.75 Å². The molecule has 2 aliphatic heterocycles. The van der Waals surface area contributed by atoms with Gasteiger partial charge in [0.05, 0.1) is 19.1 Å². The SMILES string of the molecule is COc1ccc(CCNC(=O)C2Cc3ccccc3N3CCN(c4ccccc4)CC23)cc1. The molecule has 2 heterocycles. The summed E-state index contributed by atoms with van der Waals surface area (Å²) in [6.45, 7) is 3.38. The smallest absolute Gasteiger partial charge is 0.225 e. The van der Waals surface area contributed by atoms with Gasteiger partial charge in [0.2, 0.25) is 5.91 Å². The molecule has 170 valence electrons. The molecule has 5 nitrogen and oxygen atoms in total. The van der Waals surface area contributed by atoms with E-state index in [-0.39, 0.29) is 17.9 Å². The largest absolute Gasteiger partial charge is 0.497 e. The summed E-state index contributed by atoms with van der Waals surface area (Å²) in [5, 5.41) is 3.23. The Morgan fingerprint density at radius 2 is 1.73 bits per heavy atom. The highest BCUT2D eigenvalue weighted by molar-refractivity contribution is 5.82. The molecular weight excluding hydrogens is 410 g/mol. The van der Waals surface area contributed by atoms with Crippen LogP contribution in [-0.2, 0) is 17.6 Å². The molecule has 2 atom stereocenters. The van der Waals surface area contributed by atoms with Crippen molar-refractivity contribution in [3.05, 3.63) is 90.0 Å². The lowest BCUT2D eigenvalue weighted by molar-refractivity contribution is -0.125. The van der Waals surface area contributed by atoms with Gasteiger partial charge in [-0.05, 0) is 54.3 Å². The molecular formula is C28H31N3O2. The van der Waals surface area contributed by atoms with Crippen LogP contribution in [0, 0.1) is 5.92 Å². The number of nitrogens with zero attached hydrogens (tertiary/aromatic N) is 2. The van der Waals surface area contributed by atoms with Crippen molar-refractivity contribution >= 4 is 17.3 Å². The van der Waals surface area contributed by atoms with E-state index < -0.39 is 0 Å². The van der Waals surface area contributed by atoms with Crippen molar-refractivity contribution in [2.75, 3.05) is 43.1 Å². The Hall–Kier alpha value is -3.47. The van der Waals surface area contributed by atoms with E-state index in [1.165, 1.54) is 22.5 Å². The zero-order chi connectivity index (χ0) is 22.6. The summed E-state index contributed by atoms with van der Waals surface area (Å²) in [5.41, 5.74) is 4.99. The lowest BCUT2D eigenvalue weighted by Crippen LogP contribution is -2.61. The van der Waals surface area contributed by atoms with Crippen molar-refractivity contribution in [3.63, 3.8) is 0 Å². The van der Waals surface area contributed by atoms with Crippen LogP contribution in [0.15, 0.2) is 78.9 Å². The van der Waals surface area contributed by atoms with Crippen LogP contribution in [0.25, 0.3) is 0 Å². The minimum atomic E-state index is -0.0673. The zero-order valence-electron chi connectivity index (χ0n) is 19.1. The van der Waals surface area contributed by atoms with E-state index in [2.05, 4.69) is 81.8 Å². The summed E-state index contributed by atoms with van der Waals surface area (Å²) < 4.78 is 5.23. The highest BCUT2D eigenvalue weighted by Crippen LogP contribution is 2.36. The number of hydrogen-bond acceptors (Lipinski definition) is 4. The maximum atomic E-state index is 13.4. The van der Waals surface area contributed by atoms with Gasteiger partial charge in [-0.3, -0.25) is 4.79 Å². The number of methoxy groups -OCH3 is 1. The molecule has 5 heteroatoms. The number of carbonyl (C=O) groups excluding carboxylic acids is 1. The number of hydrogen-bond donors (Lipinski definition) is 1. The quantitative estimate of drug-likeness (QED) is 0.630. The third kappa shape index (κ3) is 4.54. The van der Waals surface area contributed by atoms with E-state index in [0.717, 1.165) is 38.2 Å². The van der Waals surface area contributed by atoms with Crippen LogP contribution in [0.1, 0.15) is 11.1 Å². The van der Waals surface area contributed by atoms with Gasteiger partial charge in [-0.25, -0.2) is 0 Å². The lowest BCUT2D eigenvalue weighted by Gasteiger charge is -2.49. The molecule has 3 aromatic rings. The van der Waals surface area contributed by atoms with Crippen molar-refractivity contribution in [1.82, 2.24) is 5.32 Å². The summed E-state index contributed by atoms with van der Waals surface area (Å²) in [7, 11) is 1.67. The molecule has 0 radical (unpaired) electrons. The number of amides is 1. The van der Waals surface area contributed by atoms with Crippen LogP contribution < -0.4 is 19.9 Å². The topological polar surface area (TPSA) is 44.8 Å². The van der Waals surface area contributed by atoms with Gasteiger partial charge < -0.3 is 19.9 Å². The van der Waals surface area contributed by atoms with Crippen molar-refractivity contribution in [1.29, 1.82) is 0 Å². The van der Waals surface area contributed by atoms with E-state index >= 15 is 0 Å². The molecule has 1 saturated heterocycles. The van der Waals surface area contributed by atoms with E-state index in [1.54, 1.807) is 7.11 Å². The van der Waals surface area contributed by atoms with E-state index in [1.807, 2.05) is 12.1 Å². The molecule has 3 aromatic carbocycles. The second-order valence-corrected chi connectivity index (χ2v) is 8.87. The first kappa shape index (κ1) is 21.4. The summed E-state index contributed by atoms with van der Waals surface area (Å²) in [4.78, 5) is 18.3. The number of para-hydroxylation sites is 2. The summed E-state index contributed by atoms with van der Waals surface area (Å²) in [5.74, 6) is 0.939. The molecule has 5 rings (SSSR count). The van der Waals surface area contributed by atoms with Crippen LogP contribution in [-0.4, -0.2) is 45.2 Å². The molecule has 0 aromatic heterocycles. The number of rotatable bonds is 6. The minimum Gasteiger partial charge on any atom is -0.497 e. The van der Waals surface area contributed by atoms with Crippen molar-refractivity contribution in [3.8, 4) is 5.75 Å². The van der Waals surface area contributed by atoms with Crippen molar-refractivity contribution in [2.45, 2.75) is 18.9 Å². The van der Waals surface area contributed by atoms with Crippen LogP contribution >= 0.6 is 0 Å². The lowest BCUT2D eigenvalue weighted by atomic mass is 9.83. The third-order valence-electron chi connectivity index (χ3n) is 6.95. The molecule has 0 saturated carbocycles. The van der Waals surface area contributed by atoms with Crippen LogP contribution in [0.4, 0.5) is 11.4 Å². The van der Waals surface area contributed by atoms with E-state index in [9.17, 15) is 4.79 Å². The highest BCUT2D eigenvalue weighted by Gasteiger charge is 2.41.